The Kier molecular flexibility index (Phi) is 2.25. The molecule has 2 nitrogen and oxygen atoms in total. The van der Waals surface area contributed by atoms with Crippen LogP contribution < -0.4 is 4.74 Å². The van der Waals surface area contributed by atoms with Crippen LogP contribution in [0.1, 0.15) is 31.2 Å². The Bertz CT molecular complexity index is 459. The minimum absolute atomic E-state index is 0.166. The molecule has 0 unspecified atom stereocenters. The molecular formula is C13H13BrO2. The summed E-state index contributed by atoms with van der Waals surface area (Å²) < 4.78 is 7.23. The minimum Gasteiger partial charge on any atom is -0.508 e. The van der Waals surface area contributed by atoms with Gasteiger partial charge in [-0.3, -0.25) is 0 Å². The maximum atomic E-state index is 9.47. The number of ether oxygens (including phenoxy) is 1. The van der Waals surface area contributed by atoms with Crippen LogP contribution in [-0.4, -0.2) is 10.7 Å². The van der Waals surface area contributed by atoms with Gasteiger partial charge in [0.1, 0.15) is 17.1 Å². The fourth-order valence-electron chi connectivity index (χ4n) is 2.54. The van der Waals surface area contributed by atoms with Gasteiger partial charge in [-0.15, -0.1) is 0 Å². The Balaban J connectivity index is 2.08. The molecule has 1 aromatic rings. The van der Waals surface area contributed by atoms with Crippen molar-refractivity contribution in [2.75, 3.05) is 0 Å². The van der Waals surface area contributed by atoms with E-state index in [0.29, 0.717) is 0 Å². The minimum atomic E-state index is -0.166. The van der Waals surface area contributed by atoms with Crippen LogP contribution in [0.4, 0.5) is 0 Å². The van der Waals surface area contributed by atoms with Gasteiger partial charge in [0.15, 0.2) is 0 Å². The van der Waals surface area contributed by atoms with E-state index < -0.39 is 0 Å². The normalized spacial score (nSPS) is 21.4. The number of hydrogen-bond donors (Lipinski definition) is 1. The molecule has 1 saturated carbocycles. The predicted octanol–water partition coefficient (Wildman–Crippen LogP) is 3.83. The molecule has 0 saturated heterocycles. The molecule has 1 N–H and O–H groups in total. The summed E-state index contributed by atoms with van der Waals surface area (Å²) in [5, 5.41) is 9.47. The first-order valence-electron chi connectivity index (χ1n) is 5.59. The molecule has 1 heterocycles. The summed E-state index contributed by atoms with van der Waals surface area (Å²) in [5.41, 5.74) is 0.864. The third kappa shape index (κ3) is 1.46. The summed E-state index contributed by atoms with van der Waals surface area (Å²) in [4.78, 5) is 0. The van der Waals surface area contributed by atoms with Crippen LogP contribution in [0.5, 0.6) is 11.5 Å². The van der Waals surface area contributed by atoms with Crippen LogP contribution >= 0.6 is 15.9 Å². The smallest absolute Gasteiger partial charge is 0.140 e. The molecule has 1 aliphatic heterocycles. The second-order valence-electron chi connectivity index (χ2n) is 4.52. The maximum Gasteiger partial charge on any atom is 0.140 e. The number of phenols is 1. The van der Waals surface area contributed by atoms with Crippen molar-refractivity contribution in [2.45, 2.75) is 31.3 Å². The number of benzene rings is 1. The average Bonchev–Trinajstić information content (AvgIpc) is 2.70. The monoisotopic (exact) mass is 280 g/mol. The van der Waals surface area contributed by atoms with Crippen LogP contribution in [0.25, 0.3) is 6.08 Å². The van der Waals surface area contributed by atoms with Crippen LogP contribution in [0.15, 0.2) is 22.7 Å². The van der Waals surface area contributed by atoms with Gasteiger partial charge in [0.25, 0.3) is 0 Å². The van der Waals surface area contributed by atoms with Crippen LogP contribution in [0, 0.1) is 0 Å². The Hall–Kier alpha value is -0.960. The first kappa shape index (κ1) is 10.2. The van der Waals surface area contributed by atoms with Crippen molar-refractivity contribution >= 4 is 22.0 Å². The van der Waals surface area contributed by atoms with Crippen molar-refractivity contribution in [3.63, 3.8) is 0 Å². The van der Waals surface area contributed by atoms with Gasteiger partial charge in [0.2, 0.25) is 0 Å². The summed E-state index contributed by atoms with van der Waals surface area (Å²) in [6, 6.07) is 5.27. The molecule has 3 rings (SSSR count). The number of halogens is 1. The molecule has 1 aliphatic carbocycles. The van der Waals surface area contributed by atoms with Gasteiger partial charge in [-0.25, -0.2) is 0 Å². The largest absolute Gasteiger partial charge is 0.508 e. The van der Waals surface area contributed by atoms with Crippen molar-refractivity contribution in [2.24, 2.45) is 0 Å². The van der Waals surface area contributed by atoms with Gasteiger partial charge < -0.3 is 9.84 Å². The lowest BCUT2D eigenvalue weighted by atomic mass is 9.96. The molecule has 0 atom stereocenters. The molecule has 0 radical (unpaired) electrons. The molecule has 3 heteroatoms. The van der Waals surface area contributed by atoms with Crippen LogP contribution in [0.2, 0.25) is 0 Å². The number of rotatable bonds is 0. The summed E-state index contributed by atoms with van der Waals surface area (Å²) in [7, 11) is 0. The van der Waals surface area contributed by atoms with Crippen molar-refractivity contribution in [1.82, 2.24) is 0 Å². The van der Waals surface area contributed by atoms with Gasteiger partial charge in [0.05, 0.1) is 0 Å². The van der Waals surface area contributed by atoms with E-state index in [2.05, 4.69) is 22.0 Å². The molecule has 0 aromatic heterocycles. The summed E-state index contributed by atoms with van der Waals surface area (Å²) in [6.07, 6.45) is 6.64. The average molecular weight is 281 g/mol. The van der Waals surface area contributed by atoms with E-state index in [1.807, 2.05) is 6.07 Å². The number of fused-ring (bicyclic) bond motifs is 1. The molecular weight excluding hydrogens is 268 g/mol. The van der Waals surface area contributed by atoms with Gasteiger partial charge in [0, 0.05) is 16.1 Å². The van der Waals surface area contributed by atoms with Crippen LogP contribution in [0.3, 0.4) is 0 Å². The lowest BCUT2D eigenvalue weighted by Crippen LogP contribution is -2.34. The van der Waals surface area contributed by atoms with E-state index in [4.69, 9.17) is 4.74 Å². The van der Waals surface area contributed by atoms with E-state index in [0.717, 1.165) is 28.6 Å². The second-order valence-corrected chi connectivity index (χ2v) is 5.37. The van der Waals surface area contributed by atoms with Gasteiger partial charge in [-0.05, 0) is 43.9 Å². The van der Waals surface area contributed by atoms with Crippen molar-refractivity contribution in [1.29, 1.82) is 0 Å². The topological polar surface area (TPSA) is 29.5 Å². The Labute approximate surface area is 103 Å². The summed E-state index contributed by atoms with van der Waals surface area (Å²) in [6.45, 7) is 0. The standard InChI is InChI=1S/C13H13BrO2/c14-12-7-9-3-4-10(15)8-11(9)16-13(12)5-1-2-6-13/h3-4,7-8,15H,1-2,5-6H2. The highest BCUT2D eigenvalue weighted by Crippen LogP contribution is 2.47. The highest BCUT2D eigenvalue weighted by molar-refractivity contribution is 9.11. The van der Waals surface area contributed by atoms with Gasteiger partial charge in [-0.2, -0.15) is 0 Å². The van der Waals surface area contributed by atoms with Crippen molar-refractivity contribution < 1.29 is 9.84 Å². The molecule has 0 bridgehead atoms. The first-order valence-corrected chi connectivity index (χ1v) is 6.39. The molecule has 1 aromatic carbocycles. The Morgan fingerprint density at radius 2 is 2.00 bits per heavy atom. The molecule has 0 amide bonds. The fraction of sp³-hybridized carbons (Fsp3) is 0.385. The van der Waals surface area contributed by atoms with Gasteiger partial charge in [-0.1, -0.05) is 15.9 Å². The molecule has 1 fully saturated rings. The molecule has 84 valence electrons. The highest BCUT2D eigenvalue weighted by Gasteiger charge is 2.41. The number of phenolic OH excluding ortho intramolecular Hbond substituents is 1. The van der Waals surface area contributed by atoms with E-state index in [9.17, 15) is 5.11 Å². The van der Waals surface area contributed by atoms with E-state index >= 15 is 0 Å². The first-order chi connectivity index (χ1) is 7.70. The second kappa shape index (κ2) is 3.52. The lowest BCUT2D eigenvalue weighted by molar-refractivity contribution is 0.122. The van der Waals surface area contributed by atoms with E-state index in [-0.39, 0.29) is 11.4 Å². The van der Waals surface area contributed by atoms with E-state index in [1.165, 1.54) is 12.8 Å². The summed E-state index contributed by atoms with van der Waals surface area (Å²) >= 11 is 3.63. The van der Waals surface area contributed by atoms with Crippen molar-refractivity contribution in [3.8, 4) is 11.5 Å². The quantitative estimate of drug-likeness (QED) is 0.783. The zero-order chi connectivity index (χ0) is 11.2. The van der Waals surface area contributed by atoms with E-state index in [1.54, 1.807) is 12.1 Å². The third-order valence-electron chi connectivity index (χ3n) is 3.43. The molecule has 16 heavy (non-hydrogen) atoms. The van der Waals surface area contributed by atoms with Gasteiger partial charge >= 0.3 is 0 Å². The SMILES string of the molecule is Oc1ccc2c(c1)OC1(CCCC1)C(Br)=C2. The predicted molar refractivity (Wildman–Crippen MR) is 66.8 cm³/mol. The van der Waals surface area contributed by atoms with Crippen LogP contribution in [-0.2, 0) is 0 Å². The zero-order valence-electron chi connectivity index (χ0n) is 8.87. The number of hydrogen-bond acceptors (Lipinski definition) is 2. The third-order valence-corrected chi connectivity index (χ3v) is 4.38. The van der Waals surface area contributed by atoms with Crippen molar-refractivity contribution in [3.05, 3.63) is 28.2 Å². The lowest BCUT2D eigenvalue weighted by Gasteiger charge is -2.34. The Morgan fingerprint density at radius 1 is 1.25 bits per heavy atom. The molecule has 1 spiro atoms. The number of aromatic hydroxyl groups is 1. The zero-order valence-corrected chi connectivity index (χ0v) is 10.5. The highest BCUT2D eigenvalue weighted by atomic mass is 79.9. The maximum absolute atomic E-state index is 9.47. The fourth-order valence-corrected chi connectivity index (χ4v) is 3.27. The molecule has 2 aliphatic rings. The Morgan fingerprint density at radius 3 is 2.75 bits per heavy atom. The summed E-state index contributed by atoms with van der Waals surface area (Å²) in [5.74, 6) is 1.06.